The van der Waals surface area contributed by atoms with Crippen LogP contribution in [0.2, 0.25) is 5.02 Å². The maximum absolute atomic E-state index is 12.7. The van der Waals surface area contributed by atoms with Crippen molar-refractivity contribution in [3.05, 3.63) is 81.3 Å². The van der Waals surface area contributed by atoms with Crippen molar-refractivity contribution < 1.29 is 14.3 Å². The van der Waals surface area contributed by atoms with E-state index in [0.29, 0.717) is 22.2 Å². The molecule has 31 heavy (non-hydrogen) atoms. The molecule has 3 aromatic rings. The van der Waals surface area contributed by atoms with Gasteiger partial charge in [-0.3, -0.25) is 0 Å². The molecule has 1 atom stereocenters. The molecule has 0 radical (unpaired) electrons. The van der Waals surface area contributed by atoms with Crippen molar-refractivity contribution in [2.24, 2.45) is 0 Å². The predicted molar refractivity (Wildman–Crippen MR) is 127 cm³/mol. The lowest BCUT2D eigenvalue weighted by Crippen LogP contribution is -2.41. The van der Waals surface area contributed by atoms with Crippen LogP contribution in [0.1, 0.15) is 17.5 Å². The lowest BCUT2D eigenvalue weighted by molar-refractivity contribution is 0.247. The number of carbonyl (C=O) groups is 1. The minimum absolute atomic E-state index is 0.0683. The van der Waals surface area contributed by atoms with Gasteiger partial charge in [0.15, 0.2) is 5.75 Å². The van der Waals surface area contributed by atoms with Gasteiger partial charge in [-0.1, -0.05) is 33.6 Å². The van der Waals surface area contributed by atoms with E-state index in [1.54, 1.807) is 37.4 Å². The highest BCUT2D eigenvalue weighted by Gasteiger charge is 2.21. The number of ether oxygens (including phenoxy) is 2. The Kier molecular flexibility index (Phi) is 6.68. The van der Waals surface area contributed by atoms with Gasteiger partial charge in [0.25, 0.3) is 0 Å². The van der Waals surface area contributed by atoms with E-state index in [-0.39, 0.29) is 12.1 Å². The Morgan fingerprint density at radius 2 is 1.81 bits per heavy atom. The maximum atomic E-state index is 12.7. The normalized spacial score (nSPS) is 15.0. The lowest BCUT2D eigenvalue weighted by Gasteiger charge is -2.26. The topological polar surface area (TPSA) is 59.6 Å². The van der Waals surface area contributed by atoms with Gasteiger partial charge in [0, 0.05) is 15.5 Å². The Hall–Kier alpha value is -2.70. The molecule has 5 nitrogen and oxygen atoms in total. The van der Waals surface area contributed by atoms with Crippen LogP contribution in [0.25, 0.3) is 0 Å². The standard InChI is InChI=1S/C24H22BrClN2O3/c1-30-20-7-9-21(10-8-20)31-23-11-5-18(26)14-22(23)28-24(29)27-19-6-3-15-12-17(25)4-2-16(15)13-19/h2,4-5,7-12,14,19H,3,6,13H2,1H3,(H2,27,28,29). The highest BCUT2D eigenvalue weighted by atomic mass is 79.9. The molecule has 0 bridgehead atoms. The first-order valence-corrected chi connectivity index (χ1v) is 11.1. The summed E-state index contributed by atoms with van der Waals surface area (Å²) in [4.78, 5) is 12.7. The molecule has 0 saturated carbocycles. The van der Waals surface area contributed by atoms with E-state index in [9.17, 15) is 4.79 Å². The van der Waals surface area contributed by atoms with E-state index >= 15 is 0 Å². The van der Waals surface area contributed by atoms with E-state index in [4.69, 9.17) is 21.1 Å². The van der Waals surface area contributed by atoms with E-state index in [0.717, 1.165) is 29.5 Å². The number of benzene rings is 3. The number of hydrogen-bond donors (Lipinski definition) is 2. The van der Waals surface area contributed by atoms with Crippen molar-refractivity contribution in [3.8, 4) is 17.2 Å². The third kappa shape index (κ3) is 5.51. The Labute approximate surface area is 194 Å². The van der Waals surface area contributed by atoms with Crippen molar-refractivity contribution in [2.75, 3.05) is 12.4 Å². The van der Waals surface area contributed by atoms with Gasteiger partial charge in [-0.25, -0.2) is 4.79 Å². The van der Waals surface area contributed by atoms with Crippen molar-refractivity contribution in [1.29, 1.82) is 0 Å². The Bertz CT molecular complexity index is 1090. The Morgan fingerprint density at radius 1 is 1.03 bits per heavy atom. The third-order valence-electron chi connectivity index (χ3n) is 5.21. The molecule has 160 valence electrons. The fraction of sp³-hybridized carbons (Fsp3) is 0.208. The van der Waals surface area contributed by atoms with Crippen LogP contribution in [0, 0.1) is 0 Å². The van der Waals surface area contributed by atoms with Crippen LogP contribution in [0.5, 0.6) is 17.2 Å². The van der Waals surface area contributed by atoms with Gasteiger partial charge in [-0.05, 0) is 85.0 Å². The fourth-order valence-electron chi connectivity index (χ4n) is 3.65. The highest BCUT2D eigenvalue weighted by molar-refractivity contribution is 9.10. The number of anilines is 1. The highest BCUT2D eigenvalue weighted by Crippen LogP contribution is 2.33. The van der Waals surface area contributed by atoms with Crippen LogP contribution in [-0.4, -0.2) is 19.2 Å². The molecule has 0 aromatic heterocycles. The number of nitrogens with one attached hydrogen (secondary N) is 2. The number of methoxy groups -OCH3 is 1. The second-order valence-corrected chi connectivity index (χ2v) is 8.72. The Balaban J connectivity index is 1.43. The second-order valence-electron chi connectivity index (χ2n) is 7.37. The molecule has 0 heterocycles. The summed E-state index contributed by atoms with van der Waals surface area (Å²) >= 11 is 9.67. The zero-order valence-electron chi connectivity index (χ0n) is 17.0. The number of amides is 2. The molecule has 0 saturated heterocycles. The van der Waals surface area contributed by atoms with Crippen LogP contribution in [0.15, 0.2) is 65.1 Å². The first kappa shape index (κ1) is 21.5. The molecule has 7 heteroatoms. The SMILES string of the molecule is COc1ccc(Oc2ccc(Cl)cc2NC(=O)NC2CCc3cc(Br)ccc3C2)cc1. The average molecular weight is 502 g/mol. The molecule has 4 rings (SSSR count). The summed E-state index contributed by atoms with van der Waals surface area (Å²) < 4.78 is 12.2. The molecular formula is C24H22BrClN2O3. The van der Waals surface area contributed by atoms with Gasteiger partial charge in [0.1, 0.15) is 11.5 Å². The fourth-order valence-corrected chi connectivity index (χ4v) is 4.23. The molecule has 0 fully saturated rings. The first-order valence-electron chi connectivity index (χ1n) is 9.96. The zero-order valence-corrected chi connectivity index (χ0v) is 19.3. The van der Waals surface area contributed by atoms with Gasteiger partial charge >= 0.3 is 6.03 Å². The second kappa shape index (κ2) is 9.62. The maximum Gasteiger partial charge on any atom is 0.319 e. The van der Waals surface area contributed by atoms with Crippen LogP contribution in [0.4, 0.5) is 10.5 Å². The summed E-state index contributed by atoms with van der Waals surface area (Å²) in [5, 5.41) is 6.46. The van der Waals surface area contributed by atoms with Crippen molar-refractivity contribution in [3.63, 3.8) is 0 Å². The predicted octanol–water partition coefficient (Wildman–Crippen LogP) is 6.58. The minimum Gasteiger partial charge on any atom is -0.497 e. The lowest BCUT2D eigenvalue weighted by atomic mass is 9.88. The van der Waals surface area contributed by atoms with Crippen LogP contribution in [-0.2, 0) is 12.8 Å². The van der Waals surface area contributed by atoms with Crippen LogP contribution in [0.3, 0.4) is 0 Å². The molecule has 1 aliphatic rings. The molecule has 2 amide bonds. The van der Waals surface area contributed by atoms with Crippen molar-refractivity contribution in [1.82, 2.24) is 5.32 Å². The smallest absolute Gasteiger partial charge is 0.319 e. The van der Waals surface area contributed by atoms with E-state index in [1.807, 2.05) is 18.2 Å². The summed E-state index contributed by atoms with van der Waals surface area (Å²) in [5.41, 5.74) is 3.10. The van der Waals surface area contributed by atoms with Crippen LogP contribution < -0.4 is 20.1 Å². The van der Waals surface area contributed by atoms with E-state index in [1.165, 1.54) is 11.1 Å². The number of urea groups is 1. The van der Waals surface area contributed by atoms with E-state index in [2.05, 4.69) is 38.7 Å². The summed E-state index contributed by atoms with van der Waals surface area (Å²) in [5.74, 6) is 1.87. The van der Waals surface area contributed by atoms with Gasteiger partial charge in [-0.15, -0.1) is 0 Å². The summed E-state index contributed by atoms with van der Waals surface area (Å²) in [6.45, 7) is 0. The first-order chi connectivity index (χ1) is 15.0. The third-order valence-corrected chi connectivity index (χ3v) is 5.94. The number of carbonyl (C=O) groups excluding carboxylic acids is 1. The average Bonchev–Trinajstić information content (AvgIpc) is 2.76. The minimum atomic E-state index is -0.285. The van der Waals surface area contributed by atoms with Crippen molar-refractivity contribution >= 4 is 39.2 Å². The molecule has 0 aliphatic heterocycles. The number of aryl methyl sites for hydroxylation is 1. The molecule has 1 aliphatic carbocycles. The van der Waals surface area contributed by atoms with Crippen LogP contribution >= 0.6 is 27.5 Å². The largest absolute Gasteiger partial charge is 0.497 e. The van der Waals surface area contributed by atoms with Gasteiger partial charge in [-0.2, -0.15) is 0 Å². The van der Waals surface area contributed by atoms with Gasteiger partial charge in [0.05, 0.1) is 12.8 Å². The van der Waals surface area contributed by atoms with Gasteiger partial charge < -0.3 is 20.1 Å². The van der Waals surface area contributed by atoms with Crippen molar-refractivity contribution in [2.45, 2.75) is 25.3 Å². The molecule has 2 N–H and O–H groups in total. The molecule has 3 aromatic carbocycles. The monoisotopic (exact) mass is 500 g/mol. The van der Waals surface area contributed by atoms with Gasteiger partial charge in [0.2, 0.25) is 0 Å². The quantitative estimate of drug-likeness (QED) is 0.415. The summed E-state index contributed by atoms with van der Waals surface area (Å²) in [6, 6.07) is 18.4. The number of halogens is 2. The zero-order chi connectivity index (χ0) is 21.8. The molecule has 0 spiro atoms. The number of hydrogen-bond acceptors (Lipinski definition) is 3. The number of fused-ring (bicyclic) bond motifs is 1. The summed E-state index contributed by atoms with van der Waals surface area (Å²) in [6.07, 6.45) is 2.63. The molecule has 1 unspecified atom stereocenters. The number of rotatable bonds is 5. The summed E-state index contributed by atoms with van der Waals surface area (Å²) in [7, 11) is 1.61. The van der Waals surface area contributed by atoms with E-state index < -0.39 is 0 Å². The Morgan fingerprint density at radius 3 is 2.58 bits per heavy atom. The molecular weight excluding hydrogens is 480 g/mol.